The van der Waals surface area contributed by atoms with Gasteiger partial charge in [0.2, 0.25) is 10.0 Å². The van der Waals surface area contributed by atoms with Crippen LogP contribution >= 0.6 is 0 Å². The molecule has 0 atom stereocenters. The maximum absolute atomic E-state index is 13.1. The van der Waals surface area contributed by atoms with Crippen LogP contribution in [0.15, 0.2) is 47.4 Å². The Hall–Kier alpha value is -2.95. The van der Waals surface area contributed by atoms with E-state index in [2.05, 4.69) is 5.32 Å². The van der Waals surface area contributed by atoms with Crippen LogP contribution in [0.3, 0.4) is 0 Å². The monoisotopic (exact) mass is 518 g/mol. The van der Waals surface area contributed by atoms with Gasteiger partial charge in [-0.3, -0.25) is 9.59 Å². The van der Waals surface area contributed by atoms with E-state index in [1.165, 1.54) is 16.4 Å². The minimum absolute atomic E-state index is 0.0771. The Morgan fingerprint density at radius 2 is 1.75 bits per heavy atom. The Morgan fingerprint density at radius 3 is 2.42 bits per heavy atom. The van der Waals surface area contributed by atoms with Gasteiger partial charge in [-0.2, -0.15) is 4.31 Å². The summed E-state index contributed by atoms with van der Waals surface area (Å²) in [7, 11) is -0.603. The number of hydrogen-bond acceptors (Lipinski definition) is 8. The molecule has 1 fully saturated rings. The summed E-state index contributed by atoms with van der Waals surface area (Å²) < 4.78 is 43.3. The van der Waals surface area contributed by atoms with Crippen LogP contribution in [-0.2, 0) is 26.0 Å². The number of esters is 1. The van der Waals surface area contributed by atoms with Gasteiger partial charge in [0.15, 0.2) is 17.3 Å². The van der Waals surface area contributed by atoms with Gasteiger partial charge in [0.05, 0.1) is 38.2 Å². The molecule has 3 rings (SSSR count). The molecule has 0 amide bonds. The van der Waals surface area contributed by atoms with Crippen molar-refractivity contribution in [2.24, 2.45) is 5.92 Å². The molecule has 0 saturated carbocycles. The molecular weight excluding hydrogens is 484 g/mol. The molecule has 2 aromatic rings. The van der Waals surface area contributed by atoms with Crippen molar-refractivity contribution in [2.75, 3.05) is 47.0 Å². The van der Waals surface area contributed by atoms with Crippen molar-refractivity contribution in [3.05, 3.63) is 53.6 Å². The summed E-state index contributed by atoms with van der Waals surface area (Å²) in [5.74, 6) is 0.548. The summed E-state index contributed by atoms with van der Waals surface area (Å²) in [6, 6.07) is 11.8. The average Bonchev–Trinajstić information content (AvgIpc) is 2.91. The third-order valence-corrected chi connectivity index (χ3v) is 8.09. The molecule has 196 valence electrons. The van der Waals surface area contributed by atoms with Crippen molar-refractivity contribution >= 4 is 21.8 Å². The lowest BCUT2D eigenvalue weighted by atomic mass is 9.98. The van der Waals surface area contributed by atoms with Crippen LogP contribution in [0, 0.1) is 5.92 Å². The van der Waals surface area contributed by atoms with Crippen molar-refractivity contribution < 1.29 is 32.2 Å². The maximum Gasteiger partial charge on any atom is 0.309 e. The first-order valence-corrected chi connectivity index (χ1v) is 13.5. The molecule has 0 radical (unpaired) electrons. The number of Topliss-reactive ketones (excluding diaryl/α,β-unsaturated/α-hetero) is 1. The number of carbonyl (C=O) groups excluding carboxylic acids is 2. The van der Waals surface area contributed by atoms with Crippen LogP contribution in [0.2, 0.25) is 0 Å². The zero-order valence-corrected chi connectivity index (χ0v) is 21.8. The predicted octanol–water partition coefficient (Wildman–Crippen LogP) is 2.68. The van der Waals surface area contributed by atoms with E-state index in [1.807, 2.05) is 18.2 Å². The molecule has 0 aromatic heterocycles. The summed E-state index contributed by atoms with van der Waals surface area (Å²) >= 11 is 0. The molecule has 1 saturated heterocycles. The Bertz CT molecular complexity index is 1160. The highest BCUT2D eigenvalue weighted by molar-refractivity contribution is 7.89. The van der Waals surface area contributed by atoms with E-state index in [4.69, 9.17) is 14.2 Å². The maximum atomic E-state index is 13.1. The van der Waals surface area contributed by atoms with E-state index in [-0.39, 0.29) is 42.2 Å². The van der Waals surface area contributed by atoms with E-state index in [1.54, 1.807) is 33.3 Å². The normalized spacial score (nSPS) is 14.9. The molecule has 10 heteroatoms. The van der Waals surface area contributed by atoms with Crippen LogP contribution < -0.4 is 14.8 Å². The minimum Gasteiger partial charge on any atom is -0.493 e. The van der Waals surface area contributed by atoms with E-state index in [0.29, 0.717) is 49.5 Å². The number of sulfonamides is 1. The summed E-state index contributed by atoms with van der Waals surface area (Å²) in [5.41, 5.74) is 1.36. The number of benzene rings is 2. The zero-order valence-electron chi connectivity index (χ0n) is 21.0. The van der Waals surface area contributed by atoms with Crippen molar-refractivity contribution in [1.82, 2.24) is 9.62 Å². The van der Waals surface area contributed by atoms with Gasteiger partial charge in [-0.05, 0) is 62.6 Å². The molecule has 0 aliphatic carbocycles. The van der Waals surface area contributed by atoms with Crippen LogP contribution in [0.5, 0.6) is 11.5 Å². The van der Waals surface area contributed by atoms with Gasteiger partial charge in [0, 0.05) is 18.7 Å². The highest BCUT2D eigenvalue weighted by Gasteiger charge is 2.33. The lowest BCUT2D eigenvalue weighted by Gasteiger charge is -2.30. The molecule has 1 heterocycles. The van der Waals surface area contributed by atoms with Gasteiger partial charge in [-0.15, -0.1) is 0 Å². The van der Waals surface area contributed by atoms with E-state index >= 15 is 0 Å². The average molecular weight is 519 g/mol. The van der Waals surface area contributed by atoms with Crippen molar-refractivity contribution in [2.45, 2.75) is 31.1 Å². The fourth-order valence-corrected chi connectivity index (χ4v) is 5.66. The molecule has 1 aliphatic rings. The number of nitrogens with zero attached hydrogens (tertiary/aromatic N) is 1. The number of carbonyl (C=O) groups is 2. The Balaban J connectivity index is 1.54. The molecule has 1 N–H and O–H groups in total. The molecule has 0 spiro atoms. The van der Waals surface area contributed by atoms with Crippen LogP contribution in [0.25, 0.3) is 0 Å². The number of piperidine rings is 1. The second kappa shape index (κ2) is 12.8. The Labute approximate surface area is 212 Å². The summed E-state index contributed by atoms with van der Waals surface area (Å²) in [4.78, 5) is 24.7. The second-order valence-corrected chi connectivity index (χ2v) is 10.4. The largest absolute Gasteiger partial charge is 0.493 e. The molecule has 36 heavy (non-hydrogen) atoms. The number of hydrogen-bond donors (Lipinski definition) is 1. The minimum atomic E-state index is -3.77. The molecule has 2 aromatic carbocycles. The number of nitrogens with one attached hydrogen (secondary N) is 1. The first-order valence-electron chi connectivity index (χ1n) is 12.0. The van der Waals surface area contributed by atoms with Gasteiger partial charge in [-0.25, -0.2) is 8.42 Å². The molecule has 1 aliphatic heterocycles. The quantitative estimate of drug-likeness (QED) is 0.259. The van der Waals surface area contributed by atoms with Crippen LogP contribution in [0.4, 0.5) is 0 Å². The van der Waals surface area contributed by atoms with E-state index in [9.17, 15) is 18.0 Å². The molecule has 0 bridgehead atoms. The number of ketones is 1. The number of rotatable bonds is 12. The van der Waals surface area contributed by atoms with Crippen LogP contribution in [0.1, 0.15) is 35.7 Å². The Kier molecular flexibility index (Phi) is 9.86. The van der Waals surface area contributed by atoms with E-state index < -0.39 is 10.0 Å². The van der Waals surface area contributed by atoms with Crippen molar-refractivity contribution in [1.29, 1.82) is 0 Å². The zero-order chi connectivity index (χ0) is 26.1. The lowest BCUT2D eigenvalue weighted by molar-refractivity contribution is -0.149. The van der Waals surface area contributed by atoms with E-state index in [0.717, 1.165) is 5.56 Å². The van der Waals surface area contributed by atoms with Gasteiger partial charge in [-0.1, -0.05) is 18.2 Å². The topological polar surface area (TPSA) is 111 Å². The molecule has 9 nitrogen and oxygen atoms in total. The number of methoxy groups -OCH3 is 2. The van der Waals surface area contributed by atoms with Crippen molar-refractivity contribution in [3.63, 3.8) is 0 Å². The molecular formula is C26H34N2O7S. The standard InChI is InChI=1S/C26H34N2O7S/c1-4-35-26(30)20-11-14-28(15-12-20)36(31,32)22-7-5-6-21(17-22)23(29)18-27-13-10-19-8-9-24(33-2)25(16-19)34-3/h5-9,16-17,20,27H,4,10-15,18H2,1-3H3. The first kappa shape index (κ1) is 27.6. The molecule has 0 unspecified atom stereocenters. The SMILES string of the molecule is CCOC(=O)C1CCN(S(=O)(=O)c2cccc(C(=O)CNCCc3ccc(OC)c(OC)c3)c2)CC1. The predicted molar refractivity (Wildman–Crippen MR) is 135 cm³/mol. The Morgan fingerprint density at radius 1 is 1.03 bits per heavy atom. The fourth-order valence-electron chi connectivity index (χ4n) is 4.14. The fraction of sp³-hybridized carbons (Fsp3) is 0.462. The lowest BCUT2D eigenvalue weighted by Crippen LogP contribution is -2.40. The number of ether oxygens (including phenoxy) is 3. The highest BCUT2D eigenvalue weighted by atomic mass is 32.2. The summed E-state index contributed by atoms with van der Waals surface area (Å²) in [6.45, 7) is 3.18. The van der Waals surface area contributed by atoms with Gasteiger partial charge in [0.1, 0.15) is 0 Å². The van der Waals surface area contributed by atoms with Crippen molar-refractivity contribution in [3.8, 4) is 11.5 Å². The first-order chi connectivity index (χ1) is 17.3. The third-order valence-electron chi connectivity index (χ3n) is 6.19. The summed E-state index contributed by atoms with van der Waals surface area (Å²) in [5, 5.41) is 3.12. The van der Waals surface area contributed by atoms with Crippen LogP contribution in [-0.4, -0.2) is 71.5 Å². The van der Waals surface area contributed by atoms with Gasteiger partial charge in [0.25, 0.3) is 0 Å². The summed E-state index contributed by atoms with van der Waals surface area (Å²) in [6.07, 6.45) is 1.52. The van der Waals surface area contributed by atoms with Gasteiger partial charge >= 0.3 is 5.97 Å². The third kappa shape index (κ3) is 6.83. The highest BCUT2D eigenvalue weighted by Crippen LogP contribution is 2.28. The van der Waals surface area contributed by atoms with Gasteiger partial charge < -0.3 is 19.5 Å². The second-order valence-electron chi connectivity index (χ2n) is 8.50. The smallest absolute Gasteiger partial charge is 0.309 e.